The summed E-state index contributed by atoms with van der Waals surface area (Å²) in [7, 11) is 2.21. The number of likely N-dealkylation sites (N-methyl/N-ethyl adjacent to an activating group) is 1. The molecule has 0 atom stereocenters. The number of carbonyl (C=O) groups is 1. The first-order valence-electron chi connectivity index (χ1n) is 10.5. The lowest BCUT2D eigenvalue weighted by molar-refractivity contribution is 0.0647. The average molecular weight is 392 g/mol. The molecular formula is C24H29N3O2. The Morgan fingerprint density at radius 2 is 1.83 bits per heavy atom. The van der Waals surface area contributed by atoms with Crippen LogP contribution in [0.4, 0.5) is 0 Å². The molecule has 2 aliphatic rings. The molecule has 2 heterocycles. The summed E-state index contributed by atoms with van der Waals surface area (Å²) in [6, 6.07) is 18.8. The maximum absolute atomic E-state index is 12.9. The van der Waals surface area contributed by atoms with Crippen molar-refractivity contribution in [3.8, 4) is 0 Å². The number of likely N-dealkylation sites (tertiary alicyclic amines) is 1. The quantitative estimate of drug-likeness (QED) is 0.759. The second-order valence-corrected chi connectivity index (χ2v) is 7.85. The van der Waals surface area contributed by atoms with Crippen LogP contribution in [0.1, 0.15) is 34.3 Å². The van der Waals surface area contributed by atoms with Gasteiger partial charge < -0.3 is 14.5 Å². The van der Waals surface area contributed by atoms with E-state index in [0.717, 1.165) is 50.0 Å². The first-order valence-corrected chi connectivity index (χ1v) is 10.5. The van der Waals surface area contributed by atoms with Gasteiger partial charge in [0.2, 0.25) is 5.90 Å². The van der Waals surface area contributed by atoms with Crippen LogP contribution in [-0.4, -0.2) is 67.5 Å². The van der Waals surface area contributed by atoms with E-state index < -0.39 is 0 Å². The van der Waals surface area contributed by atoms with Crippen molar-refractivity contribution in [1.82, 2.24) is 9.80 Å². The summed E-state index contributed by atoms with van der Waals surface area (Å²) >= 11 is 0. The first kappa shape index (κ1) is 19.6. The van der Waals surface area contributed by atoms with Crippen LogP contribution in [0.3, 0.4) is 0 Å². The van der Waals surface area contributed by atoms with Gasteiger partial charge in [-0.25, -0.2) is 4.99 Å². The van der Waals surface area contributed by atoms with E-state index in [4.69, 9.17) is 4.74 Å². The molecule has 0 N–H and O–H groups in total. The molecule has 2 aromatic rings. The Morgan fingerprint density at radius 3 is 2.48 bits per heavy atom. The predicted molar refractivity (Wildman–Crippen MR) is 115 cm³/mol. The molecule has 5 nitrogen and oxygen atoms in total. The van der Waals surface area contributed by atoms with E-state index in [-0.39, 0.29) is 5.91 Å². The number of hydrogen-bond acceptors (Lipinski definition) is 4. The molecule has 4 rings (SSSR count). The average Bonchev–Trinajstić information content (AvgIpc) is 3.33. The predicted octanol–water partition coefficient (Wildman–Crippen LogP) is 3.24. The molecule has 0 saturated carbocycles. The lowest BCUT2D eigenvalue weighted by atomic mass is 10.0. The third kappa shape index (κ3) is 4.85. The zero-order valence-corrected chi connectivity index (χ0v) is 17.1. The lowest BCUT2D eigenvalue weighted by Gasteiger charge is -2.37. The third-order valence-corrected chi connectivity index (χ3v) is 5.94. The van der Waals surface area contributed by atoms with Crippen molar-refractivity contribution < 1.29 is 9.53 Å². The summed E-state index contributed by atoms with van der Waals surface area (Å²) in [4.78, 5) is 21.6. The molecule has 29 heavy (non-hydrogen) atoms. The van der Waals surface area contributed by atoms with Crippen LogP contribution in [0.5, 0.6) is 0 Å². The molecule has 0 spiro atoms. The molecular weight excluding hydrogens is 362 g/mol. The highest BCUT2D eigenvalue weighted by molar-refractivity contribution is 5.98. The highest BCUT2D eigenvalue weighted by Crippen LogP contribution is 2.19. The van der Waals surface area contributed by atoms with Gasteiger partial charge in [-0.1, -0.05) is 30.3 Å². The van der Waals surface area contributed by atoms with Gasteiger partial charge in [0.15, 0.2) is 0 Å². The molecule has 0 aromatic heterocycles. The van der Waals surface area contributed by atoms with E-state index in [9.17, 15) is 4.79 Å². The molecule has 0 aliphatic carbocycles. The number of amides is 1. The van der Waals surface area contributed by atoms with Crippen molar-refractivity contribution in [2.24, 2.45) is 4.99 Å². The first-order chi connectivity index (χ1) is 14.2. The number of piperidine rings is 1. The Labute approximate surface area is 173 Å². The van der Waals surface area contributed by atoms with Gasteiger partial charge in [-0.15, -0.1) is 0 Å². The van der Waals surface area contributed by atoms with Gasteiger partial charge in [0.05, 0.1) is 6.54 Å². The van der Waals surface area contributed by atoms with Crippen molar-refractivity contribution in [3.63, 3.8) is 0 Å². The number of aliphatic imine (C=N–C) groups is 1. The van der Waals surface area contributed by atoms with E-state index in [1.165, 1.54) is 5.56 Å². The number of rotatable bonds is 6. The zero-order chi connectivity index (χ0) is 20.1. The SMILES string of the molecule is CN(CCc1ccccc1)C1CCN(C(=O)c2ccc(C3=NCCO3)cc2)CC1. The molecule has 0 bridgehead atoms. The van der Waals surface area contributed by atoms with Gasteiger partial charge in [-0.05, 0) is 56.1 Å². The second kappa shape index (κ2) is 9.23. The smallest absolute Gasteiger partial charge is 0.253 e. The summed E-state index contributed by atoms with van der Waals surface area (Å²) in [5.74, 6) is 0.805. The maximum Gasteiger partial charge on any atom is 0.253 e. The van der Waals surface area contributed by atoms with E-state index in [2.05, 4.69) is 47.3 Å². The molecule has 2 aromatic carbocycles. The minimum atomic E-state index is 0.121. The van der Waals surface area contributed by atoms with E-state index in [1.54, 1.807) is 0 Å². The van der Waals surface area contributed by atoms with Crippen molar-refractivity contribution >= 4 is 11.8 Å². The van der Waals surface area contributed by atoms with Crippen LogP contribution in [0.25, 0.3) is 0 Å². The van der Waals surface area contributed by atoms with Gasteiger partial charge in [-0.2, -0.15) is 0 Å². The zero-order valence-electron chi connectivity index (χ0n) is 17.1. The number of ether oxygens (including phenoxy) is 1. The molecule has 1 saturated heterocycles. The van der Waals surface area contributed by atoms with Crippen molar-refractivity contribution in [3.05, 3.63) is 71.3 Å². The molecule has 152 valence electrons. The fourth-order valence-corrected chi connectivity index (χ4v) is 4.09. The topological polar surface area (TPSA) is 45.1 Å². The Morgan fingerprint density at radius 1 is 1.10 bits per heavy atom. The number of hydrogen-bond donors (Lipinski definition) is 0. The van der Waals surface area contributed by atoms with Crippen LogP contribution in [0.2, 0.25) is 0 Å². The van der Waals surface area contributed by atoms with E-state index >= 15 is 0 Å². The van der Waals surface area contributed by atoms with Gasteiger partial charge in [0.25, 0.3) is 5.91 Å². The fraction of sp³-hybridized carbons (Fsp3) is 0.417. The van der Waals surface area contributed by atoms with Crippen LogP contribution >= 0.6 is 0 Å². The summed E-state index contributed by atoms with van der Waals surface area (Å²) in [6.07, 6.45) is 3.12. The Kier molecular flexibility index (Phi) is 6.25. The van der Waals surface area contributed by atoms with Gasteiger partial charge in [-0.3, -0.25) is 4.79 Å². The van der Waals surface area contributed by atoms with Gasteiger partial charge in [0.1, 0.15) is 6.61 Å². The third-order valence-electron chi connectivity index (χ3n) is 5.94. The molecule has 1 amide bonds. The monoisotopic (exact) mass is 391 g/mol. The minimum absolute atomic E-state index is 0.121. The summed E-state index contributed by atoms with van der Waals surface area (Å²) in [6.45, 7) is 4.04. The highest BCUT2D eigenvalue weighted by atomic mass is 16.5. The Hall–Kier alpha value is -2.66. The highest BCUT2D eigenvalue weighted by Gasteiger charge is 2.26. The largest absolute Gasteiger partial charge is 0.476 e. The molecule has 1 fully saturated rings. The molecule has 0 radical (unpaired) electrons. The van der Waals surface area contributed by atoms with Crippen molar-refractivity contribution in [2.75, 3.05) is 39.8 Å². The fourth-order valence-electron chi connectivity index (χ4n) is 4.09. The lowest BCUT2D eigenvalue weighted by Crippen LogP contribution is -2.46. The summed E-state index contributed by atoms with van der Waals surface area (Å²) in [5, 5.41) is 0. The van der Waals surface area contributed by atoms with E-state index in [0.29, 0.717) is 25.1 Å². The van der Waals surface area contributed by atoms with E-state index in [1.807, 2.05) is 29.2 Å². The standard InChI is InChI=1S/C24H29N3O2/c1-26(15-11-19-5-3-2-4-6-19)22-12-16-27(17-13-22)24(28)21-9-7-20(8-10-21)23-25-14-18-29-23/h2-10,22H,11-18H2,1H3. The molecule has 0 unspecified atom stereocenters. The van der Waals surface area contributed by atoms with Crippen LogP contribution in [-0.2, 0) is 11.2 Å². The normalized spacial score (nSPS) is 17.3. The molecule has 5 heteroatoms. The second-order valence-electron chi connectivity index (χ2n) is 7.85. The summed E-state index contributed by atoms with van der Waals surface area (Å²) in [5.41, 5.74) is 3.06. The van der Waals surface area contributed by atoms with Gasteiger partial charge >= 0.3 is 0 Å². The van der Waals surface area contributed by atoms with Crippen LogP contribution < -0.4 is 0 Å². The summed E-state index contributed by atoms with van der Waals surface area (Å²) < 4.78 is 5.49. The van der Waals surface area contributed by atoms with Crippen molar-refractivity contribution in [2.45, 2.75) is 25.3 Å². The van der Waals surface area contributed by atoms with Gasteiger partial charge in [0, 0.05) is 36.8 Å². The molecule has 2 aliphatic heterocycles. The number of nitrogens with zero attached hydrogens (tertiary/aromatic N) is 3. The number of benzene rings is 2. The van der Waals surface area contributed by atoms with Crippen molar-refractivity contribution in [1.29, 1.82) is 0 Å². The Bertz CT molecular complexity index is 840. The van der Waals surface area contributed by atoms with Crippen LogP contribution in [0, 0.1) is 0 Å². The van der Waals surface area contributed by atoms with Crippen LogP contribution in [0.15, 0.2) is 59.6 Å². The Balaban J connectivity index is 1.27. The maximum atomic E-state index is 12.9. The minimum Gasteiger partial charge on any atom is -0.476 e. The number of carbonyl (C=O) groups excluding carboxylic acids is 1.